The van der Waals surface area contributed by atoms with Crippen LogP contribution in [-0.2, 0) is 19.1 Å². The van der Waals surface area contributed by atoms with Crippen molar-refractivity contribution in [1.82, 2.24) is 5.32 Å². The third-order valence-corrected chi connectivity index (χ3v) is 3.04. The molecule has 0 saturated carbocycles. The van der Waals surface area contributed by atoms with E-state index in [-0.39, 0.29) is 0 Å². The van der Waals surface area contributed by atoms with E-state index >= 15 is 0 Å². The first-order valence-electron chi connectivity index (χ1n) is 5.96. The third kappa shape index (κ3) is 6.22. The van der Waals surface area contributed by atoms with Crippen LogP contribution in [0, 0.1) is 0 Å². The van der Waals surface area contributed by atoms with Crippen LogP contribution in [-0.4, -0.2) is 36.1 Å². The first kappa shape index (κ1) is 16.9. The van der Waals surface area contributed by atoms with E-state index in [1.54, 1.807) is 18.2 Å². The van der Waals surface area contributed by atoms with E-state index in [0.29, 0.717) is 0 Å². The largest absolute Gasteiger partial charge is 0.480 e. The second-order valence-corrected chi connectivity index (χ2v) is 4.98. The number of amides is 1. The second-order valence-electron chi connectivity index (χ2n) is 4.06. The molecule has 1 aromatic rings. The molecule has 0 aliphatic carbocycles. The quantitative estimate of drug-likeness (QED) is 0.597. The van der Waals surface area contributed by atoms with E-state index in [2.05, 4.69) is 26.0 Å². The van der Waals surface area contributed by atoms with E-state index in [9.17, 15) is 14.4 Å². The van der Waals surface area contributed by atoms with Crippen molar-refractivity contribution in [2.45, 2.75) is 12.5 Å². The number of aliphatic carboxylic acids is 1. The summed E-state index contributed by atoms with van der Waals surface area (Å²) in [5, 5.41) is 11.2. The number of hydrogen-bond donors (Lipinski definition) is 2. The van der Waals surface area contributed by atoms with Crippen molar-refractivity contribution in [3.05, 3.63) is 40.4 Å². The molecule has 6 nitrogen and oxygen atoms in total. The average Bonchev–Trinajstić information content (AvgIpc) is 2.45. The molecule has 7 heteroatoms. The summed E-state index contributed by atoms with van der Waals surface area (Å²) in [6.45, 7) is 0. The minimum absolute atomic E-state index is 0.427. The number of methoxy groups -OCH3 is 1. The maximum atomic E-state index is 11.6. The Labute approximate surface area is 129 Å². The number of carbonyl (C=O) groups is 3. The molecule has 0 bridgehead atoms. The lowest BCUT2D eigenvalue weighted by Crippen LogP contribution is -2.41. The molecule has 0 fully saturated rings. The fraction of sp³-hybridized carbons (Fsp3) is 0.214. The topological polar surface area (TPSA) is 92.7 Å². The van der Waals surface area contributed by atoms with E-state index in [4.69, 9.17) is 5.11 Å². The normalized spacial score (nSPS) is 11.9. The maximum absolute atomic E-state index is 11.6. The van der Waals surface area contributed by atoms with Crippen LogP contribution in [0.25, 0.3) is 6.08 Å². The Morgan fingerprint density at radius 1 is 1.33 bits per heavy atom. The summed E-state index contributed by atoms with van der Waals surface area (Å²) >= 11 is 3.29. The highest BCUT2D eigenvalue weighted by Gasteiger charge is 2.22. The number of carboxylic acid groups (broad SMARTS) is 1. The summed E-state index contributed by atoms with van der Waals surface area (Å²) < 4.78 is 5.29. The van der Waals surface area contributed by atoms with Gasteiger partial charge in [0.2, 0.25) is 5.91 Å². The number of halogens is 1. The van der Waals surface area contributed by atoms with Crippen molar-refractivity contribution in [2.75, 3.05) is 7.11 Å². The highest BCUT2D eigenvalue weighted by Crippen LogP contribution is 2.11. The predicted molar refractivity (Wildman–Crippen MR) is 79.4 cm³/mol. The minimum atomic E-state index is -1.32. The molecule has 0 spiro atoms. The molecule has 1 rings (SSSR count). The first-order chi connectivity index (χ1) is 9.92. The number of rotatable bonds is 6. The van der Waals surface area contributed by atoms with Gasteiger partial charge in [-0.15, -0.1) is 0 Å². The first-order valence-corrected chi connectivity index (χ1v) is 6.75. The van der Waals surface area contributed by atoms with Crippen LogP contribution < -0.4 is 5.32 Å². The molecule has 0 saturated heterocycles. The van der Waals surface area contributed by atoms with Crippen LogP contribution in [0.3, 0.4) is 0 Å². The highest BCUT2D eigenvalue weighted by molar-refractivity contribution is 9.10. The summed E-state index contributed by atoms with van der Waals surface area (Å²) in [4.78, 5) is 33.7. The smallest absolute Gasteiger partial charge is 0.326 e. The molecule has 0 radical (unpaired) electrons. The van der Waals surface area contributed by atoms with Crippen molar-refractivity contribution in [3.63, 3.8) is 0 Å². The second kappa shape index (κ2) is 8.21. The molecule has 0 heterocycles. The molecule has 0 unspecified atom stereocenters. The van der Waals surface area contributed by atoms with Crippen LogP contribution in [0.4, 0.5) is 0 Å². The summed E-state index contributed by atoms with van der Waals surface area (Å²) in [6, 6.07) is 5.89. The fourth-order valence-electron chi connectivity index (χ4n) is 1.42. The lowest BCUT2D eigenvalue weighted by Gasteiger charge is -2.11. The molecular weight excluding hydrogens is 342 g/mol. The maximum Gasteiger partial charge on any atom is 0.326 e. The van der Waals surface area contributed by atoms with Crippen molar-refractivity contribution in [2.24, 2.45) is 0 Å². The molecule has 1 aromatic carbocycles. The Hall–Kier alpha value is -2.15. The van der Waals surface area contributed by atoms with Crippen molar-refractivity contribution in [1.29, 1.82) is 0 Å². The molecule has 112 valence electrons. The van der Waals surface area contributed by atoms with E-state index in [1.165, 1.54) is 6.08 Å². The lowest BCUT2D eigenvalue weighted by atomic mass is 10.2. The summed E-state index contributed by atoms with van der Waals surface area (Å²) in [5.74, 6) is -2.61. The number of hydrogen-bond acceptors (Lipinski definition) is 4. The molecule has 2 N–H and O–H groups in total. The van der Waals surface area contributed by atoms with Gasteiger partial charge in [0.1, 0.15) is 6.04 Å². The Morgan fingerprint density at radius 2 is 1.95 bits per heavy atom. The third-order valence-electron chi connectivity index (χ3n) is 2.51. The predicted octanol–water partition coefficient (Wildman–Crippen LogP) is 1.59. The SMILES string of the molecule is COC(=O)C[C@H](NC(=O)C=Cc1ccc(Br)cc1)C(=O)O. The van der Waals surface area contributed by atoms with Gasteiger partial charge in [0.15, 0.2) is 0 Å². The number of ether oxygens (including phenoxy) is 1. The Morgan fingerprint density at radius 3 is 2.48 bits per heavy atom. The summed E-state index contributed by atoms with van der Waals surface area (Å²) in [6.07, 6.45) is 2.32. The number of benzene rings is 1. The fourth-order valence-corrected chi connectivity index (χ4v) is 1.68. The van der Waals surface area contributed by atoms with Crippen LogP contribution in [0.2, 0.25) is 0 Å². The minimum Gasteiger partial charge on any atom is -0.480 e. The van der Waals surface area contributed by atoms with Crippen molar-refractivity contribution in [3.8, 4) is 0 Å². The van der Waals surface area contributed by atoms with Crippen LogP contribution >= 0.6 is 15.9 Å². The van der Waals surface area contributed by atoms with Gasteiger partial charge in [-0.1, -0.05) is 28.1 Å². The van der Waals surface area contributed by atoms with Gasteiger partial charge in [-0.2, -0.15) is 0 Å². The molecule has 1 amide bonds. The zero-order valence-electron chi connectivity index (χ0n) is 11.2. The van der Waals surface area contributed by atoms with Crippen LogP contribution in [0.5, 0.6) is 0 Å². The van der Waals surface area contributed by atoms with Gasteiger partial charge in [-0.25, -0.2) is 4.79 Å². The van der Waals surface area contributed by atoms with Gasteiger partial charge < -0.3 is 15.2 Å². The molecule has 21 heavy (non-hydrogen) atoms. The van der Waals surface area contributed by atoms with Crippen LogP contribution in [0.15, 0.2) is 34.8 Å². The Bertz CT molecular complexity index is 553. The number of nitrogens with one attached hydrogen (secondary N) is 1. The molecule has 0 aliphatic heterocycles. The zero-order valence-corrected chi connectivity index (χ0v) is 12.8. The van der Waals surface area contributed by atoms with Crippen molar-refractivity contribution < 1.29 is 24.2 Å². The van der Waals surface area contributed by atoms with Crippen molar-refractivity contribution >= 4 is 39.9 Å². The van der Waals surface area contributed by atoms with Gasteiger partial charge in [0.25, 0.3) is 0 Å². The number of carboxylic acids is 1. The van der Waals surface area contributed by atoms with Gasteiger partial charge in [0, 0.05) is 10.5 Å². The monoisotopic (exact) mass is 355 g/mol. The number of esters is 1. The lowest BCUT2D eigenvalue weighted by molar-refractivity contribution is -0.148. The number of carbonyl (C=O) groups excluding carboxylic acids is 2. The van der Waals surface area contributed by atoms with Gasteiger partial charge in [-0.3, -0.25) is 9.59 Å². The van der Waals surface area contributed by atoms with Gasteiger partial charge in [-0.05, 0) is 23.8 Å². The highest BCUT2D eigenvalue weighted by atomic mass is 79.9. The van der Waals surface area contributed by atoms with Gasteiger partial charge in [0.05, 0.1) is 13.5 Å². The Kier molecular flexibility index (Phi) is 6.61. The van der Waals surface area contributed by atoms with Crippen LogP contribution in [0.1, 0.15) is 12.0 Å². The average molecular weight is 356 g/mol. The van der Waals surface area contributed by atoms with E-state index in [0.717, 1.165) is 17.1 Å². The zero-order chi connectivity index (χ0) is 15.8. The standard InChI is InChI=1S/C14H14BrNO5/c1-21-13(18)8-11(14(19)20)16-12(17)7-4-9-2-5-10(15)6-3-9/h2-7,11H,8H2,1H3,(H,16,17)(H,19,20)/t11-/m0/s1. The van der Waals surface area contributed by atoms with Gasteiger partial charge >= 0.3 is 11.9 Å². The molecular formula is C14H14BrNO5. The van der Waals surface area contributed by atoms with E-state index in [1.807, 2.05) is 12.1 Å². The van der Waals surface area contributed by atoms with E-state index < -0.39 is 30.3 Å². The Balaban J connectivity index is 2.63. The summed E-state index contributed by atoms with van der Waals surface area (Å²) in [5.41, 5.74) is 0.785. The summed E-state index contributed by atoms with van der Waals surface area (Å²) in [7, 11) is 1.15. The molecule has 0 aliphatic rings. The molecule has 1 atom stereocenters. The molecule has 0 aromatic heterocycles.